The van der Waals surface area contributed by atoms with Crippen LogP contribution in [0.1, 0.15) is 80.4 Å². The highest BCUT2D eigenvalue weighted by Gasteiger charge is 2.25. The molecule has 1 heterocycles. The predicted octanol–water partition coefficient (Wildman–Crippen LogP) is 13.9. The zero-order chi connectivity index (χ0) is 45.7. The number of aromatic nitrogens is 1. The fourth-order valence-corrected chi connectivity index (χ4v) is 7.65. The molecule has 1 aromatic heterocycles. The molecule has 8 rings (SSSR count). The van der Waals surface area contributed by atoms with Crippen LogP contribution in [-0.2, 0) is 5.41 Å². The number of rotatable bonds is 12. The van der Waals surface area contributed by atoms with Crippen LogP contribution in [0, 0.1) is 36.5 Å². The van der Waals surface area contributed by atoms with Gasteiger partial charge in [0.1, 0.15) is 46.4 Å². The zero-order valence-electron chi connectivity index (χ0n) is 36.5. The van der Waals surface area contributed by atoms with E-state index in [-0.39, 0.29) is 22.9 Å². The molecule has 0 bridgehead atoms. The van der Waals surface area contributed by atoms with Crippen LogP contribution in [0.15, 0.2) is 170 Å². The number of pyridine rings is 1. The summed E-state index contributed by atoms with van der Waals surface area (Å²) in [5.41, 5.74) is 6.90. The average molecular weight is 850 g/mol. The van der Waals surface area contributed by atoms with Crippen molar-refractivity contribution in [1.29, 1.82) is 10.5 Å². The molecule has 7 aromatic carbocycles. The summed E-state index contributed by atoms with van der Waals surface area (Å²) in [6, 6.07) is 53.3. The smallest absolute Gasteiger partial charge is 0.219 e. The second-order valence-corrected chi connectivity index (χ2v) is 16.6. The van der Waals surface area contributed by atoms with Crippen molar-refractivity contribution in [2.45, 2.75) is 40.0 Å². The summed E-state index contributed by atoms with van der Waals surface area (Å²) in [5, 5.41) is 20.7. The second kappa shape index (κ2) is 18.4. The zero-order valence-corrected chi connectivity index (χ0v) is 36.5. The van der Waals surface area contributed by atoms with Gasteiger partial charge >= 0.3 is 0 Å². The van der Waals surface area contributed by atoms with Gasteiger partial charge in [0.05, 0.1) is 5.56 Å². The van der Waals surface area contributed by atoms with Crippen LogP contribution in [0.5, 0.6) is 34.6 Å². The van der Waals surface area contributed by atoms with E-state index in [1.54, 1.807) is 97.2 Å². The van der Waals surface area contributed by atoms with Gasteiger partial charge in [-0.1, -0.05) is 111 Å². The van der Waals surface area contributed by atoms with Crippen LogP contribution >= 0.6 is 0 Å². The van der Waals surface area contributed by atoms with Gasteiger partial charge in [-0.25, -0.2) is 4.98 Å². The van der Waals surface area contributed by atoms with E-state index in [1.165, 1.54) is 0 Å². The molecule has 0 aliphatic rings. The number of aryl methyl sites for hydroxylation is 2. The highest BCUT2D eigenvalue weighted by atomic mass is 16.5. The van der Waals surface area contributed by atoms with E-state index in [0.29, 0.717) is 78.9 Å². The summed E-state index contributed by atoms with van der Waals surface area (Å²) in [5.74, 6) is 2.27. The Hall–Kier alpha value is -8.59. The molecule has 0 aliphatic heterocycles. The van der Waals surface area contributed by atoms with Gasteiger partial charge in [0.2, 0.25) is 5.88 Å². The predicted molar refractivity (Wildman–Crippen MR) is 252 cm³/mol. The molecule has 0 unspecified atom stereocenters. The Morgan fingerprint density at radius 3 is 1.86 bits per heavy atom. The molecule has 65 heavy (non-hydrogen) atoms. The van der Waals surface area contributed by atoms with Crippen molar-refractivity contribution < 1.29 is 23.8 Å². The number of ketones is 2. The molecule has 0 spiro atoms. The fourth-order valence-electron chi connectivity index (χ4n) is 7.65. The van der Waals surface area contributed by atoms with Gasteiger partial charge in [-0.15, -0.1) is 0 Å². The molecule has 316 valence electrons. The van der Waals surface area contributed by atoms with Crippen LogP contribution in [0.2, 0.25) is 0 Å². The molecule has 0 aliphatic carbocycles. The monoisotopic (exact) mass is 849 g/mol. The van der Waals surface area contributed by atoms with Crippen molar-refractivity contribution in [3.8, 4) is 69.0 Å². The summed E-state index contributed by atoms with van der Waals surface area (Å²) >= 11 is 0. The average Bonchev–Trinajstić information content (AvgIpc) is 3.32. The lowest BCUT2D eigenvalue weighted by atomic mass is 9.86. The Balaban J connectivity index is 1.21. The quantitative estimate of drug-likeness (QED) is 0.111. The first-order valence-electron chi connectivity index (χ1n) is 21.0. The molecule has 8 aromatic rings. The van der Waals surface area contributed by atoms with Crippen molar-refractivity contribution in [1.82, 2.24) is 4.98 Å². The van der Waals surface area contributed by atoms with Crippen LogP contribution < -0.4 is 14.2 Å². The third kappa shape index (κ3) is 9.29. The van der Waals surface area contributed by atoms with E-state index in [9.17, 15) is 20.1 Å². The van der Waals surface area contributed by atoms with Crippen molar-refractivity contribution in [2.24, 2.45) is 0 Å². The largest absolute Gasteiger partial charge is 0.456 e. The van der Waals surface area contributed by atoms with E-state index >= 15 is 0 Å². The van der Waals surface area contributed by atoms with Gasteiger partial charge in [0.15, 0.2) is 11.6 Å². The van der Waals surface area contributed by atoms with E-state index in [4.69, 9.17) is 14.2 Å². The molecule has 0 fully saturated rings. The minimum Gasteiger partial charge on any atom is -0.456 e. The fraction of sp³-hybridized carbons (Fsp3) is 0.105. The van der Waals surface area contributed by atoms with Crippen LogP contribution in [0.25, 0.3) is 22.3 Å². The Morgan fingerprint density at radius 2 is 1.17 bits per heavy atom. The lowest BCUT2D eigenvalue weighted by Crippen LogP contribution is -2.13. The van der Waals surface area contributed by atoms with Crippen molar-refractivity contribution in [3.05, 3.63) is 220 Å². The van der Waals surface area contributed by atoms with E-state index < -0.39 is 5.41 Å². The third-order valence-corrected chi connectivity index (χ3v) is 11.0. The first-order chi connectivity index (χ1) is 31.4. The number of benzene rings is 7. The molecule has 0 atom stereocenters. The maximum Gasteiger partial charge on any atom is 0.219 e. The van der Waals surface area contributed by atoms with Gasteiger partial charge in [-0.05, 0) is 114 Å². The van der Waals surface area contributed by atoms with Crippen molar-refractivity contribution in [3.63, 3.8) is 0 Å². The number of hydrogen-bond donors (Lipinski definition) is 0. The Kier molecular flexibility index (Phi) is 12.2. The summed E-state index contributed by atoms with van der Waals surface area (Å²) in [4.78, 5) is 33.1. The van der Waals surface area contributed by atoms with Crippen LogP contribution in [0.3, 0.4) is 0 Å². The van der Waals surface area contributed by atoms with E-state index in [0.717, 1.165) is 16.7 Å². The maximum absolute atomic E-state index is 14.9. The van der Waals surface area contributed by atoms with E-state index in [1.807, 2.05) is 86.6 Å². The molecular formula is C57H43N3O5. The number of nitriles is 2. The lowest BCUT2D eigenvalue weighted by Gasteiger charge is -2.24. The van der Waals surface area contributed by atoms with Gasteiger partial charge in [0.25, 0.3) is 0 Å². The summed E-state index contributed by atoms with van der Waals surface area (Å²) in [6.45, 7) is 9.98. The molecule has 0 N–H and O–H groups in total. The Morgan fingerprint density at radius 1 is 0.523 bits per heavy atom. The van der Waals surface area contributed by atoms with Gasteiger partial charge in [0, 0.05) is 45.6 Å². The van der Waals surface area contributed by atoms with E-state index in [2.05, 4.69) is 37.9 Å². The molecule has 8 heteroatoms. The lowest BCUT2D eigenvalue weighted by molar-refractivity contribution is 0.103. The second-order valence-electron chi connectivity index (χ2n) is 16.6. The van der Waals surface area contributed by atoms with Crippen LogP contribution in [0.4, 0.5) is 0 Å². The van der Waals surface area contributed by atoms with Gasteiger partial charge in [-0.2, -0.15) is 10.5 Å². The first kappa shape index (κ1) is 43.1. The maximum atomic E-state index is 14.9. The minimum atomic E-state index is -0.395. The molecule has 0 radical (unpaired) electrons. The number of carbonyl (C=O) groups excluding carboxylic acids is 2. The molecular weight excluding hydrogens is 807 g/mol. The standard InChI is InChI=1S/C57H43N3O5/c1-36-20-27-43(46(31-36)55(61)38-14-7-6-8-15-38)40-23-28-45(47(32-40)56(62)39-21-24-41(25-22-39)64-54-19-9-10-30-60-54)44-16-12-18-52(49(44)35-59)63-42-26-29-53(50(33-42)57(3,4)5)65-51-17-11-13-37(2)48(51)34-58/h6-33H,1-5H3. The molecule has 0 saturated carbocycles. The van der Waals surface area contributed by atoms with Gasteiger partial charge in [-0.3, -0.25) is 9.59 Å². The number of nitrogens with zero attached hydrogens (tertiary/aromatic N) is 3. The Bertz CT molecular complexity index is 3180. The number of hydrogen-bond acceptors (Lipinski definition) is 8. The third-order valence-electron chi connectivity index (χ3n) is 11.0. The normalized spacial score (nSPS) is 10.9. The topological polar surface area (TPSA) is 122 Å². The summed E-state index contributed by atoms with van der Waals surface area (Å²) in [7, 11) is 0. The summed E-state index contributed by atoms with van der Waals surface area (Å²) in [6.07, 6.45) is 1.64. The Labute approximate surface area is 378 Å². The van der Waals surface area contributed by atoms with Crippen molar-refractivity contribution in [2.75, 3.05) is 0 Å². The number of carbonyl (C=O) groups is 2. The first-order valence-corrected chi connectivity index (χ1v) is 21.0. The summed E-state index contributed by atoms with van der Waals surface area (Å²) < 4.78 is 18.8. The highest BCUT2D eigenvalue weighted by molar-refractivity contribution is 6.15. The number of ether oxygens (including phenoxy) is 3. The van der Waals surface area contributed by atoms with Crippen molar-refractivity contribution >= 4 is 11.6 Å². The molecule has 8 nitrogen and oxygen atoms in total. The molecule has 0 amide bonds. The van der Waals surface area contributed by atoms with Gasteiger partial charge < -0.3 is 14.2 Å². The highest BCUT2D eigenvalue weighted by Crippen LogP contribution is 2.42. The SMILES string of the molecule is Cc1ccc(-c2ccc(-c3cccc(Oc4ccc(Oc5cccc(C)c5C#N)c(C(C)(C)C)c4)c3C#N)c(C(=O)c3ccc(Oc4ccccn4)cc3)c2)c(C(=O)c2ccccc2)c1. The minimum absolute atomic E-state index is 0.141. The van der Waals surface area contributed by atoms with Crippen LogP contribution in [-0.4, -0.2) is 16.6 Å². The molecule has 0 saturated heterocycles.